The first-order chi connectivity index (χ1) is 12.7. The van der Waals surface area contributed by atoms with Gasteiger partial charge in [-0.15, -0.1) is 0 Å². The van der Waals surface area contributed by atoms with Crippen LogP contribution in [0.4, 0.5) is 0 Å². The Morgan fingerprint density at radius 3 is 2.38 bits per heavy atom. The lowest BCUT2D eigenvalue weighted by Gasteiger charge is -2.18. The van der Waals surface area contributed by atoms with Gasteiger partial charge in [0, 0.05) is 11.6 Å². The first-order valence-electron chi connectivity index (χ1n) is 8.92. The number of amides is 1. The van der Waals surface area contributed by atoms with Crippen molar-refractivity contribution in [1.29, 1.82) is 0 Å². The summed E-state index contributed by atoms with van der Waals surface area (Å²) >= 11 is 0. The molecular formula is C21H23NO4. The predicted molar refractivity (Wildman–Crippen MR) is 97.8 cm³/mol. The monoisotopic (exact) mass is 353 g/mol. The molecular weight excluding hydrogens is 330 g/mol. The Morgan fingerprint density at radius 2 is 1.77 bits per heavy atom. The molecule has 1 aliphatic carbocycles. The van der Waals surface area contributed by atoms with Crippen LogP contribution in [0.1, 0.15) is 37.0 Å². The van der Waals surface area contributed by atoms with E-state index in [1.54, 1.807) is 12.1 Å². The highest BCUT2D eigenvalue weighted by atomic mass is 16.6. The van der Waals surface area contributed by atoms with E-state index in [1.807, 2.05) is 42.5 Å². The number of hydrogen-bond acceptors (Lipinski definition) is 4. The minimum atomic E-state index is -0.963. The first kappa shape index (κ1) is 18.0. The summed E-state index contributed by atoms with van der Waals surface area (Å²) in [6, 6.07) is 16.8. The fourth-order valence-corrected chi connectivity index (χ4v) is 2.53. The normalized spacial score (nSPS) is 14.3. The molecule has 0 spiro atoms. The highest BCUT2D eigenvalue weighted by Crippen LogP contribution is 2.23. The van der Waals surface area contributed by atoms with Gasteiger partial charge >= 0.3 is 5.97 Å². The molecule has 1 atom stereocenters. The number of ether oxygens (including phenoxy) is 2. The lowest BCUT2D eigenvalue weighted by molar-refractivity contribution is -0.158. The van der Waals surface area contributed by atoms with Crippen LogP contribution in [0.5, 0.6) is 5.75 Å². The highest BCUT2D eigenvalue weighted by molar-refractivity contribution is 5.85. The summed E-state index contributed by atoms with van der Waals surface area (Å²) in [6.45, 7) is 1.83. The summed E-state index contributed by atoms with van der Waals surface area (Å²) in [5.74, 6) is -0.276. The van der Waals surface area contributed by atoms with Crippen LogP contribution < -0.4 is 10.1 Å². The van der Waals surface area contributed by atoms with Gasteiger partial charge in [-0.05, 0) is 37.0 Å². The number of nitrogens with one attached hydrogen (secondary N) is 1. The van der Waals surface area contributed by atoms with Gasteiger partial charge in [-0.2, -0.15) is 0 Å². The van der Waals surface area contributed by atoms with E-state index in [1.165, 1.54) is 5.56 Å². The molecule has 2 aromatic rings. The molecule has 0 aliphatic heterocycles. The van der Waals surface area contributed by atoms with Gasteiger partial charge in [-0.3, -0.25) is 4.79 Å². The standard InChI is InChI=1S/C21H23NO4/c1-2-15-8-12-18(13-9-15)25-14-19(23)26-20(16-6-4-3-5-7-16)21(24)22-17-10-11-17/h3-9,12-13,17,20H,2,10-11,14H2,1H3,(H,22,24)/t20-/m1/s1. The second-order valence-electron chi connectivity index (χ2n) is 6.35. The van der Waals surface area contributed by atoms with E-state index in [0.29, 0.717) is 11.3 Å². The van der Waals surface area contributed by atoms with Gasteiger partial charge in [0.15, 0.2) is 6.61 Å². The van der Waals surface area contributed by atoms with Gasteiger partial charge in [0.1, 0.15) is 5.75 Å². The number of rotatable bonds is 8. The second-order valence-corrected chi connectivity index (χ2v) is 6.35. The minimum Gasteiger partial charge on any atom is -0.482 e. The Kier molecular flexibility index (Phi) is 5.89. The summed E-state index contributed by atoms with van der Waals surface area (Å²) in [5, 5.41) is 2.89. The van der Waals surface area contributed by atoms with Crippen LogP contribution in [0, 0.1) is 0 Å². The third kappa shape index (κ3) is 5.09. The van der Waals surface area contributed by atoms with E-state index in [0.717, 1.165) is 19.3 Å². The van der Waals surface area contributed by atoms with Crippen LogP contribution in [-0.2, 0) is 20.7 Å². The zero-order chi connectivity index (χ0) is 18.4. The van der Waals surface area contributed by atoms with Crippen LogP contribution >= 0.6 is 0 Å². The van der Waals surface area contributed by atoms with Crippen molar-refractivity contribution in [1.82, 2.24) is 5.32 Å². The van der Waals surface area contributed by atoms with Gasteiger partial charge in [0.05, 0.1) is 0 Å². The molecule has 1 aliphatic rings. The van der Waals surface area contributed by atoms with Crippen LogP contribution in [-0.4, -0.2) is 24.5 Å². The largest absolute Gasteiger partial charge is 0.482 e. The Hall–Kier alpha value is -2.82. The minimum absolute atomic E-state index is 0.195. The number of carbonyl (C=O) groups is 2. The number of hydrogen-bond donors (Lipinski definition) is 1. The molecule has 0 heterocycles. The average molecular weight is 353 g/mol. The molecule has 0 bridgehead atoms. The lowest BCUT2D eigenvalue weighted by Crippen LogP contribution is -2.34. The molecule has 1 fully saturated rings. The Morgan fingerprint density at radius 1 is 1.08 bits per heavy atom. The summed E-state index contributed by atoms with van der Waals surface area (Å²) < 4.78 is 10.9. The quantitative estimate of drug-likeness (QED) is 0.740. The van der Waals surface area contributed by atoms with Crippen LogP contribution in [0.15, 0.2) is 54.6 Å². The van der Waals surface area contributed by atoms with Crippen LogP contribution in [0.2, 0.25) is 0 Å². The third-order valence-corrected chi connectivity index (χ3v) is 4.20. The van der Waals surface area contributed by atoms with Crippen LogP contribution in [0.3, 0.4) is 0 Å². The molecule has 5 nitrogen and oxygen atoms in total. The maximum Gasteiger partial charge on any atom is 0.345 e. The van der Waals surface area contributed by atoms with E-state index in [2.05, 4.69) is 12.2 Å². The SMILES string of the molecule is CCc1ccc(OCC(=O)O[C@@H](C(=O)NC2CC2)c2ccccc2)cc1. The van der Waals surface area contributed by atoms with Crippen molar-refractivity contribution in [2.45, 2.75) is 38.3 Å². The average Bonchev–Trinajstić information content (AvgIpc) is 3.49. The first-order valence-corrected chi connectivity index (χ1v) is 8.92. The Bertz CT molecular complexity index is 738. The number of benzene rings is 2. The molecule has 2 aromatic carbocycles. The molecule has 1 amide bonds. The Labute approximate surface area is 153 Å². The van der Waals surface area contributed by atoms with Gasteiger partial charge in [-0.25, -0.2) is 4.79 Å². The van der Waals surface area contributed by atoms with Crippen molar-refractivity contribution in [3.63, 3.8) is 0 Å². The lowest BCUT2D eigenvalue weighted by atomic mass is 10.1. The fourth-order valence-electron chi connectivity index (χ4n) is 2.53. The molecule has 26 heavy (non-hydrogen) atoms. The van der Waals surface area contributed by atoms with Gasteiger partial charge < -0.3 is 14.8 Å². The van der Waals surface area contributed by atoms with Gasteiger partial charge in [0.2, 0.25) is 6.10 Å². The predicted octanol–water partition coefficient (Wildman–Crippen LogP) is 3.19. The van der Waals surface area contributed by atoms with E-state index in [9.17, 15) is 9.59 Å². The van der Waals surface area contributed by atoms with Gasteiger partial charge in [-0.1, -0.05) is 49.4 Å². The third-order valence-electron chi connectivity index (χ3n) is 4.20. The van der Waals surface area contributed by atoms with E-state index in [4.69, 9.17) is 9.47 Å². The van der Waals surface area contributed by atoms with Crippen molar-refractivity contribution in [3.8, 4) is 5.75 Å². The van der Waals surface area contributed by atoms with Gasteiger partial charge in [0.25, 0.3) is 5.91 Å². The summed E-state index contributed by atoms with van der Waals surface area (Å²) in [4.78, 5) is 24.6. The summed E-state index contributed by atoms with van der Waals surface area (Å²) in [6.07, 6.45) is 1.92. The molecule has 5 heteroatoms. The molecule has 1 saturated carbocycles. The van der Waals surface area contributed by atoms with E-state index < -0.39 is 12.1 Å². The second kappa shape index (κ2) is 8.52. The number of carbonyl (C=O) groups excluding carboxylic acids is 2. The molecule has 1 N–H and O–H groups in total. The molecule has 0 unspecified atom stereocenters. The zero-order valence-corrected chi connectivity index (χ0v) is 14.8. The molecule has 0 saturated heterocycles. The topological polar surface area (TPSA) is 64.6 Å². The maximum absolute atomic E-state index is 12.4. The Balaban J connectivity index is 1.59. The molecule has 136 valence electrons. The molecule has 3 rings (SSSR count). The van der Waals surface area contributed by atoms with Crippen LogP contribution in [0.25, 0.3) is 0 Å². The van der Waals surface area contributed by atoms with E-state index >= 15 is 0 Å². The fraction of sp³-hybridized carbons (Fsp3) is 0.333. The van der Waals surface area contributed by atoms with Crippen molar-refractivity contribution < 1.29 is 19.1 Å². The highest BCUT2D eigenvalue weighted by Gasteiger charge is 2.30. The maximum atomic E-state index is 12.4. The van der Waals surface area contributed by atoms with Crippen molar-refractivity contribution in [2.24, 2.45) is 0 Å². The summed E-state index contributed by atoms with van der Waals surface area (Å²) in [5.41, 5.74) is 1.84. The van der Waals surface area contributed by atoms with E-state index in [-0.39, 0.29) is 18.6 Å². The van der Waals surface area contributed by atoms with Crippen molar-refractivity contribution in [3.05, 3.63) is 65.7 Å². The molecule has 0 radical (unpaired) electrons. The summed E-state index contributed by atoms with van der Waals surface area (Å²) in [7, 11) is 0. The number of esters is 1. The number of aryl methyl sites for hydroxylation is 1. The molecule has 0 aromatic heterocycles. The zero-order valence-electron chi connectivity index (χ0n) is 14.8. The van der Waals surface area contributed by atoms with Crippen molar-refractivity contribution in [2.75, 3.05) is 6.61 Å². The van der Waals surface area contributed by atoms with Crippen molar-refractivity contribution >= 4 is 11.9 Å². The smallest absolute Gasteiger partial charge is 0.345 e.